The number of carboxylic acids is 1. The summed E-state index contributed by atoms with van der Waals surface area (Å²) in [5.74, 6) is -0.349. The normalized spacial score (nSPS) is 47.7. The molecule has 1 heterocycles. The van der Waals surface area contributed by atoms with Crippen LogP contribution in [0.4, 0.5) is 0 Å². The van der Waals surface area contributed by atoms with E-state index in [1.807, 2.05) is 0 Å². The van der Waals surface area contributed by atoms with E-state index in [1.54, 1.807) is 6.92 Å². The molecule has 1 saturated heterocycles. The van der Waals surface area contributed by atoms with E-state index in [-0.39, 0.29) is 11.3 Å². The summed E-state index contributed by atoms with van der Waals surface area (Å²) in [4.78, 5) is 11.5. The van der Waals surface area contributed by atoms with E-state index in [1.165, 1.54) is 0 Å². The zero-order chi connectivity index (χ0) is 13.8. The Balaban J connectivity index is 1.99. The minimum Gasteiger partial charge on any atom is -0.513 e. The molecule has 4 atom stereocenters. The summed E-state index contributed by atoms with van der Waals surface area (Å²) >= 11 is 0. The van der Waals surface area contributed by atoms with Crippen molar-refractivity contribution in [3.63, 3.8) is 0 Å². The van der Waals surface area contributed by atoms with Gasteiger partial charge in [-0.25, -0.2) is 0 Å². The van der Waals surface area contributed by atoms with Gasteiger partial charge in [-0.15, -0.1) is 0 Å². The van der Waals surface area contributed by atoms with Crippen LogP contribution in [0.2, 0.25) is 0 Å². The van der Waals surface area contributed by atoms with Crippen LogP contribution in [0, 0.1) is 11.3 Å². The summed E-state index contributed by atoms with van der Waals surface area (Å²) in [6, 6.07) is 0. The van der Waals surface area contributed by atoms with E-state index in [0.29, 0.717) is 25.2 Å². The Morgan fingerprint density at radius 3 is 2.79 bits per heavy atom. The van der Waals surface area contributed by atoms with Gasteiger partial charge in [-0.1, -0.05) is 0 Å². The van der Waals surface area contributed by atoms with Crippen LogP contribution in [0.1, 0.15) is 39.0 Å². The third-order valence-electron chi connectivity index (χ3n) is 5.50. The van der Waals surface area contributed by atoms with Crippen LogP contribution in [0.15, 0.2) is 11.3 Å². The molecule has 5 heteroatoms. The summed E-state index contributed by atoms with van der Waals surface area (Å²) in [5.41, 5.74) is 5.91. The molecule has 0 aromatic carbocycles. The summed E-state index contributed by atoms with van der Waals surface area (Å²) < 4.78 is 5.76. The van der Waals surface area contributed by atoms with Crippen LogP contribution < -0.4 is 5.73 Å². The number of aliphatic hydroxyl groups excluding tert-OH is 1. The van der Waals surface area contributed by atoms with Crippen molar-refractivity contribution in [3.8, 4) is 0 Å². The van der Waals surface area contributed by atoms with Gasteiger partial charge < -0.3 is 20.7 Å². The van der Waals surface area contributed by atoms with Crippen molar-refractivity contribution in [2.75, 3.05) is 6.61 Å². The number of hydrogen-bond acceptors (Lipinski definition) is 4. The standard InChI is InChI=1S/C14H21NO4/c1-8(16)9-2-4-13-6-11(19-7-13)14(15,12(17)18)5-3-10(9)13/h10-11,16H,2-7,15H2,1H3,(H,17,18)/b9-8+/t10-,11+,13+,14+/m0/s1. The largest absolute Gasteiger partial charge is 0.513 e. The van der Waals surface area contributed by atoms with E-state index in [0.717, 1.165) is 24.8 Å². The van der Waals surface area contributed by atoms with Crippen LogP contribution in [-0.4, -0.2) is 34.4 Å². The minimum absolute atomic E-state index is 0.000556. The molecular formula is C14H21NO4. The fourth-order valence-electron chi connectivity index (χ4n) is 4.31. The predicted octanol–water partition coefficient (Wildman–Crippen LogP) is 1.58. The molecule has 0 aromatic rings. The molecular weight excluding hydrogens is 246 g/mol. The Labute approximate surface area is 112 Å². The molecule has 1 spiro atoms. The highest BCUT2D eigenvalue weighted by atomic mass is 16.5. The molecule has 5 nitrogen and oxygen atoms in total. The minimum atomic E-state index is -1.28. The lowest BCUT2D eigenvalue weighted by atomic mass is 9.75. The molecule has 2 aliphatic carbocycles. The van der Waals surface area contributed by atoms with Gasteiger partial charge >= 0.3 is 5.97 Å². The first-order valence-corrected chi connectivity index (χ1v) is 6.91. The average molecular weight is 267 g/mol. The monoisotopic (exact) mass is 267 g/mol. The van der Waals surface area contributed by atoms with Gasteiger partial charge in [-0.3, -0.25) is 4.79 Å². The van der Waals surface area contributed by atoms with Crippen LogP contribution in [0.5, 0.6) is 0 Å². The fraction of sp³-hybridized carbons (Fsp3) is 0.786. The molecule has 0 unspecified atom stereocenters. The molecule has 3 fully saturated rings. The number of carbonyl (C=O) groups is 1. The molecule has 2 saturated carbocycles. The first-order chi connectivity index (χ1) is 8.89. The Morgan fingerprint density at radius 1 is 1.42 bits per heavy atom. The number of aliphatic hydroxyl groups is 1. The molecule has 4 N–H and O–H groups in total. The maximum Gasteiger partial charge on any atom is 0.326 e. The highest BCUT2D eigenvalue weighted by Gasteiger charge is 2.60. The topological polar surface area (TPSA) is 92.8 Å². The smallest absolute Gasteiger partial charge is 0.326 e. The summed E-state index contributed by atoms with van der Waals surface area (Å²) in [6.45, 7) is 2.30. The third kappa shape index (κ3) is 1.64. The molecule has 2 bridgehead atoms. The van der Waals surface area contributed by atoms with Crippen molar-refractivity contribution < 1.29 is 19.7 Å². The maximum atomic E-state index is 11.5. The van der Waals surface area contributed by atoms with Crippen LogP contribution >= 0.6 is 0 Å². The van der Waals surface area contributed by atoms with Crippen molar-refractivity contribution in [1.82, 2.24) is 0 Å². The van der Waals surface area contributed by atoms with Gasteiger partial charge in [0.2, 0.25) is 0 Å². The average Bonchev–Trinajstić information content (AvgIpc) is 2.89. The van der Waals surface area contributed by atoms with Crippen molar-refractivity contribution in [1.29, 1.82) is 0 Å². The number of fused-ring (bicyclic) bond motifs is 1. The van der Waals surface area contributed by atoms with Crippen molar-refractivity contribution in [3.05, 3.63) is 11.3 Å². The lowest BCUT2D eigenvalue weighted by Crippen LogP contribution is -2.56. The highest BCUT2D eigenvalue weighted by molar-refractivity contribution is 5.79. The molecule has 3 aliphatic rings. The Morgan fingerprint density at radius 2 is 2.16 bits per heavy atom. The number of carboxylic acid groups (broad SMARTS) is 1. The quantitative estimate of drug-likeness (QED) is 0.627. The van der Waals surface area contributed by atoms with E-state index >= 15 is 0 Å². The first-order valence-electron chi connectivity index (χ1n) is 6.91. The zero-order valence-electron chi connectivity index (χ0n) is 11.2. The Hall–Kier alpha value is -1.07. The van der Waals surface area contributed by atoms with Crippen LogP contribution in [0.3, 0.4) is 0 Å². The number of aliphatic carboxylic acids is 1. The Kier molecular flexibility index (Phi) is 2.70. The van der Waals surface area contributed by atoms with Gasteiger partial charge in [-0.2, -0.15) is 0 Å². The van der Waals surface area contributed by atoms with Gasteiger partial charge in [-0.05, 0) is 50.5 Å². The van der Waals surface area contributed by atoms with E-state index in [4.69, 9.17) is 10.5 Å². The SMILES string of the molecule is C/C(O)=C1/CC[C@]23CO[C@H](C2)[C@@](N)(C(=O)O)CC[C@@H]13. The van der Waals surface area contributed by atoms with Crippen molar-refractivity contribution in [2.45, 2.75) is 50.7 Å². The first kappa shape index (κ1) is 12.9. The van der Waals surface area contributed by atoms with Crippen molar-refractivity contribution in [2.24, 2.45) is 17.1 Å². The summed E-state index contributed by atoms with van der Waals surface area (Å²) in [5, 5.41) is 19.2. The summed E-state index contributed by atoms with van der Waals surface area (Å²) in [7, 11) is 0. The molecule has 0 aromatic heterocycles. The molecule has 106 valence electrons. The number of allylic oxidation sites excluding steroid dienone is 2. The van der Waals surface area contributed by atoms with E-state index in [2.05, 4.69) is 0 Å². The second-order valence-corrected chi connectivity index (χ2v) is 6.41. The third-order valence-corrected chi connectivity index (χ3v) is 5.50. The number of ether oxygens (including phenoxy) is 1. The van der Waals surface area contributed by atoms with Crippen LogP contribution in [-0.2, 0) is 9.53 Å². The second kappa shape index (κ2) is 3.96. The zero-order valence-corrected chi connectivity index (χ0v) is 11.2. The van der Waals surface area contributed by atoms with Gasteiger partial charge in [0.05, 0.1) is 18.5 Å². The summed E-state index contributed by atoms with van der Waals surface area (Å²) in [6.07, 6.45) is 3.32. The molecule has 0 radical (unpaired) electrons. The number of rotatable bonds is 1. The van der Waals surface area contributed by atoms with Crippen molar-refractivity contribution >= 4 is 5.97 Å². The second-order valence-electron chi connectivity index (χ2n) is 6.41. The fourth-order valence-corrected chi connectivity index (χ4v) is 4.31. The Bertz CT molecular complexity index is 456. The predicted molar refractivity (Wildman–Crippen MR) is 68.6 cm³/mol. The molecule has 19 heavy (non-hydrogen) atoms. The molecule has 3 rings (SSSR count). The number of hydrogen-bond donors (Lipinski definition) is 3. The lowest BCUT2D eigenvalue weighted by molar-refractivity contribution is -0.149. The van der Waals surface area contributed by atoms with E-state index < -0.39 is 17.6 Å². The highest BCUT2D eigenvalue weighted by Crippen LogP contribution is 2.59. The van der Waals surface area contributed by atoms with Gasteiger partial charge in [0.15, 0.2) is 0 Å². The molecule has 1 aliphatic heterocycles. The lowest BCUT2D eigenvalue weighted by Gasteiger charge is -2.31. The van der Waals surface area contributed by atoms with Gasteiger partial charge in [0, 0.05) is 5.41 Å². The molecule has 0 amide bonds. The van der Waals surface area contributed by atoms with Crippen LogP contribution in [0.25, 0.3) is 0 Å². The number of nitrogens with two attached hydrogens (primary N) is 1. The maximum absolute atomic E-state index is 11.5. The van der Waals surface area contributed by atoms with Gasteiger partial charge in [0.25, 0.3) is 0 Å². The van der Waals surface area contributed by atoms with E-state index in [9.17, 15) is 15.0 Å². The van der Waals surface area contributed by atoms with Gasteiger partial charge in [0.1, 0.15) is 5.54 Å².